The lowest BCUT2D eigenvalue weighted by atomic mass is 9.68. The number of nitriles is 1. The Morgan fingerprint density at radius 1 is 0.750 bits per heavy atom. The van der Waals surface area contributed by atoms with E-state index in [0.29, 0.717) is 5.92 Å². The van der Waals surface area contributed by atoms with Gasteiger partial charge in [-0.2, -0.15) is 5.26 Å². The fourth-order valence-corrected chi connectivity index (χ4v) is 5.76. The summed E-state index contributed by atoms with van der Waals surface area (Å²) in [7, 11) is 0. The third-order valence-corrected chi connectivity index (χ3v) is 8.33. The maximum absolute atomic E-state index is 9.95. The van der Waals surface area contributed by atoms with Crippen molar-refractivity contribution in [3.05, 3.63) is 48.0 Å². The first kappa shape index (κ1) is 28.4. The van der Waals surface area contributed by atoms with Gasteiger partial charge in [0.1, 0.15) is 5.82 Å². The van der Waals surface area contributed by atoms with Crippen molar-refractivity contribution in [1.82, 2.24) is 9.97 Å². The number of aromatic nitrogens is 2. The van der Waals surface area contributed by atoms with Gasteiger partial charge in [0.15, 0.2) is 0 Å². The Morgan fingerprint density at radius 3 is 1.89 bits per heavy atom. The largest absolute Gasteiger partial charge is 0.240 e. The van der Waals surface area contributed by atoms with Crippen molar-refractivity contribution in [3.8, 4) is 17.2 Å². The molecule has 36 heavy (non-hydrogen) atoms. The van der Waals surface area contributed by atoms with E-state index in [1.165, 1.54) is 94.6 Å². The highest BCUT2D eigenvalue weighted by Crippen LogP contribution is 2.45. The van der Waals surface area contributed by atoms with E-state index in [1.807, 2.05) is 12.4 Å². The maximum Gasteiger partial charge on any atom is 0.131 e. The van der Waals surface area contributed by atoms with Crippen molar-refractivity contribution < 1.29 is 0 Å². The Balaban J connectivity index is 1.43. The summed E-state index contributed by atoms with van der Waals surface area (Å²) in [5.41, 5.74) is 3.59. The molecule has 0 radical (unpaired) electrons. The van der Waals surface area contributed by atoms with E-state index in [-0.39, 0.29) is 5.41 Å². The van der Waals surface area contributed by atoms with Gasteiger partial charge >= 0.3 is 0 Å². The van der Waals surface area contributed by atoms with E-state index in [0.717, 1.165) is 43.5 Å². The summed E-state index contributed by atoms with van der Waals surface area (Å²) in [5.74, 6) is 1.36. The van der Waals surface area contributed by atoms with Gasteiger partial charge in [-0.1, -0.05) is 109 Å². The molecule has 1 fully saturated rings. The first-order chi connectivity index (χ1) is 17.7. The fourth-order valence-electron chi connectivity index (χ4n) is 5.76. The molecule has 3 rings (SSSR count). The number of nitrogens with zero attached hydrogens (tertiary/aromatic N) is 3. The van der Waals surface area contributed by atoms with Gasteiger partial charge in [0.25, 0.3) is 0 Å². The number of hydrogen-bond acceptors (Lipinski definition) is 3. The lowest BCUT2D eigenvalue weighted by Crippen LogP contribution is -2.26. The minimum absolute atomic E-state index is 0.113. The molecule has 0 amide bonds. The molecule has 0 bridgehead atoms. The minimum Gasteiger partial charge on any atom is -0.240 e. The smallest absolute Gasteiger partial charge is 0.131 e. The quantitative estimate of drug-likeness (QED) is 0.221. The molecule has 196 valence electrons. The van der Waals surface area contributed by atoms with Gasteiger partial charge < -0.3 is 0 Å². The number of benzene rings is 1. The second-order valence-corrected chi connectivity index (χ2v) is 11.2. The van der Waals surface area contributed by atoms with Crippen LogP contribution >= 0.6 is 0 Å². The number of unbranched alkanes of at least 4 members (excludes halogenated alkanes) is 10. The Hall–Kier alpha value is -2.21. The minimum atomic E-state index is -0.113. The van der Waals surface area contributed by atoms with E-state index in [9.17, 15) is 5.26 Å². The number of aryl methyl sites for hydroxylation is 1. The Bertz CT molecular complexity index is 886. The van der Waals surface area contributed by atoms with Gasteiger partial charge in [-0.25, -0.2) is 9.97 Å². The molecule has 0 aliphatic heterocycles. The van der Waals surface area contributed by atoms with Crippen LogP contribution in [-0.4, -0.2) is 9.97 Å². The average Bonchev–Trinajstić information content (AvgIpc) is 2.93. The van der Waals surface area contributed by atoms with Gasteiger partial charge in [-0.15, -0.1) is 0 Å². The molecule has 0 spiro atoms. The third-order valence-electron chi connectivity index (χ3n) is 8.33. The van der Waals surface area contributed by atoms with Gasteiger partial charge in [0.05, 0.1) is 11.5 Å². The van der Waals surface area contributed by atoms with Crippen molar-refractivity contribution in [2.24, 2.45) is 5.41 Å². The first-order valence-corrected chi connectivity index (χ1v) is 15.0. The molecule has 1 aromatic carbocycles. The second-order valence-electron chi connectivity index (χ2n) is 11.2. The molecular formula is C33H49N3. The topological polar surface area (TPSA) is 49.6 Å². The lowest BCUT2D eigenvalue weighted by molar-refractivity contribution is 0.219. The molecule has 3 nitrogen and oxygen atoms in total. The third kappa shape index (κ3) is 9.02. The van der Waals surface area contributed by atoms with Gasteiger partial charge in [-0.05, 0) is 56.1 Å². The van der Waals surface area contributed by atoms with Gasteiger partial charge in [0, 0.05) is 23.9 Å². The molecule has 1 aliphatic rings. The Labute approximate surface area is 221 Å². The molecule has 1 heterocycles. The standard InChI is InChI=1S/C33H49N3/c1-3-5-7-9-10-12-14-22-33(27-34)23-20-30(21-24-33)32-35-25-31(26-36-32)29-18-16-28(17-19-29)15-13-11-8-6-4-2/h16-19,25-26,30H,3-15,20-24H2,1-2H3. The highest BCUT2D eigenvalue weighted by atomic mass is 14.9. The van der Waals surface area contributed by atoms with Crippen molar-refractivity contribution in [3.63, 3.8) is 0 Å². The molecule has 0 N–H and O–H groups in total. The summed E-state index contributed by atoms with van der Waals surface area (Å²) in [6.45, 7) is 4.53. The van der Waals surface area contributed by atoms with Crippen LogP contribution in [0, 0.1) is 16.7 Å². The monoisotopic (exact) mass is 487 g/mol. The molecule has 0 atom stereocenters. The van der Waals surface area contributed by atoms with Crippen LogP contribution in [0.25, 0.3) is 11.1 Å². The second kappa shape index (κ2) is 15.8. The molecular weight excluding hydrogens is 438 g/mol. The van der Waals surface area contributed by atoms with E-state index >= 15 is 0 Å². The zero-order valence-corrected chi connectivity index (χ0v) is 23.1. The molecule has 0 unspecified atom stereocenters. The number of rotatable bonds is 16. The normalized spacial score (nSPS) is 19.8. The van der Waals surface area contributed by atoms with E-state index < -0.39 is 0 Å². The summed E-state index contributed by atoms with van der Waals surface area (Å²) in [6, 6.07) is 11.7. The van der Waals surface area contributed by atoms with E-state index in [2.05, 4.69) is 44.2 Å². The predicted octanol–water partition coefficient (Wildman–Crippen LogP) is 9.96. The molecule has 2 aromatic rings. The van der Waals surface area contributed by atoms with Crippen molar-refractivity contribution in [2.75, 3.05) is 0 Å². The van der Waals surface area contributed by atoms with Gasteiger partial charge in [-0.3, -0.25) is 0 Å². The highest BCUT2D eigenvalue weighted by Gasteiger charge is 2.36. The molecule has 1 saturated carbocycles. The van der Waals surface area contributed by atoms with Crippen LogP contribution in [0.5, 0.6) is 0 Å². The summed E-state index contributed by atoms with van der Waals surface area (Å²) < 4.78 is 0. The van der Waals surface area contributed by atoms with E-state index in [1.54, 1.807) is 0 Å². The summed E-state index contributed by atoms with van der Waals surface area (Å²) >= 11 is 0. The Morgan fingerprint density at radius 2 is 1.31 bits per heavy atom. The van der Waals surface area contributed by atoms with Crippen LogP contribution in [-0.2, 0) is 6.42 Å². The molecule has 1 aromatic heterocycles. The highest BCUT2D eigenvalue weighted by molar-refractivity contribution is 5.61. The van der Waals surface area contributed by atoms with Crippen molar-refractivity contribution in [2.45, 2.75) is 135 Å². The van der Waals surface area contributed by atoms with E-state index in [4.69, 9.17) is 9.97 Å². The molecule has 1 aliphatic carbocycles. The Kier molecular flexibility index (Phi) is 12.5. The van der Waals surface area contributed by atoms with Crippen LogP contribution in [0.3, 0.4) is 0 Å². The maximum atomic E-state index is 9.95. The van der Waals surface area contributed by atoms with Crippen LogP contribution in [0.2, 0.25) is 0 Å². The zero-order valence-electron chi connectivity index (χ0n) is 23.1. The van der Waals surface area contributed by atoms with Gasteiger partial charge in [0.2, 0.25) is 0 Å². The predicted molar refractivity (Wildman–Crippen MR) is 152 cm³/mol. The van der Waals surface area contributed by atoms with Crippen LogP contribution in [0.15, 0.2) is 36.7 Å². The summed E-state index contributed by atoms with van der Waals surface area (Å²) in [6.07, 6.45) is 26.1. The number of hydrogen-bond donors (Lipinski definition) is 0. The first-order valence-electron chi connectivity index (χ1n) is 15.0. The van der Waals surface area contributed by atoms with Crippen molar-refractivity contribution in [1.29, 1.82) is 5.26 Å². The van der Waals surface area contributed by atoms with Crippen LogP contribution < -0.4 is 0 Å². The SMILES string of the molecule is CCCCCCCCCC1(C#N)CCC(c2ncc(-c3ccc(CCCCCCC)cc3)cn2)CC1. The lowest BCUT2D eigenvalue weighted by Gasteiger charge is -2.34. The van der Waals surface area contributed by atoms with Crippen molar-refractivity contribution >= 4 is 0 Å². The molecule has 3 heteroatoms. The molecule has 0 saturated heterocycles. The fraction of sp³-hybridized carbons (Fsp3) is 0.667. The average molecular weight is 488 g/mol. The van der Waals surface area contributed by atoms with Crippen LogP contribution in [0.1, 0.15) is 140 Å². The summed E-state index contributed by atoms with van der Waals surface area (Å²) in [4.78, 5) is 9.54. The van der Waals surface area contributed by atoms with Crippen LogP contribution in [0.4, 0.5) is 0 Å². The zero-order chi connectivity index (χ0) is 25.5. The summed E-state index contributed by atoms with van der Waals surface area (Å²) in [5, 5.41) is 9.95.